The van der Waals surface area contributed by atoms with E-state index in [0.29, 0.717) is 0 Å². The molecule has 4 nitrogen and oxygen atoms in total. The van der Waals surface area contributed by atoms with Gasteiger partial charge in [-0.3, -0.25) is 4.98 Å². The van der Waals surface area contributed by atoms with Crippen molar-refractivity contribution in [1.29, 1.82) is 0 Å². The van der Waals surface area contributed by atoms with Crippen LogP contribution in [0, 0.1) is 0 Å². The molecule has 0 spiro atoms. The van der Waals surface area contributed by atoms with Gasteiger partial charge < -0.3 is 10.3 Å². The monoisotopic (exact) mass is 272 g/mol. The Balaban J connectivity index is 1.91. The van der Waals surface area contributed by atoms with Crippen molar-refractivity contribution in [3.63, 3.8) is 0 Å². The molecule has 2 aromatic rings. The SMILES string of the molecule is CCCCCCCCn1cncc1-c1cnccc1N. The van der Waals surface area contributed by atoms with Crippen LogP contribution in [0.3, 0.4) is 0 Å². The molecule has 2 N–H and O–H groups in total. The topological polar surface area (TPSA) is 56.7 Å². The molecule has 20 heavy (non-hydrogen) atoms. The third-order valence-electron chi connectivity index (χ3n) is 3.60. The lowest BCUT2D eigenvalue weighted by Gasteiger charge is -2.09. The summed E-state index contributed by atoms with van der Waals surface area (Å²) in [5.41, 5.74) is 8.79. The minimum absolute atomic E-state index is 0.754. The highest BCUT2D eigenvalue weighted by Crippen LogP contribution is 2.24. The van der Waals surface area contributed by atoms with Gasteiger partial charge in [0.05, 0.1) is 18.2 Å². The Morgan fingerprint density at radius 2 is 1.85 bits per heavy atom. The van der Waals surface area contributed by atoms with Crippen LogP contribution in [-0.4, -0.2) is 14.5 Å². The van der Waals surface area contributed by atoms with E-state index in [9.17, 15) is 0 Å². The van der Waals surface area contributed by atoms with Crippen LogP contribution in [0.25, 0.3) is 11.3 Å². The fraction of sp³-hybridized carbons (Fsp3) is 0.500. The van der Waals surface area contributed by atoms with Crippen LogP contribution in [0.4, 0.5) is 5.69 Å². The van der Waals surface area contributed by atoms with Gasteiger partial charge in [-0.25, -0.2) is 4.98 Å². The number of rotatable bonds is 8. The van der Waals surface area contributed by atoms with Gasteiger partial charge in [0.1, 0.15) is 0 Å². The number of nitrogen functional groups attached to an aromatic ring is 1. The van der Waals surface area contributed by atoms with E-state index >= 15 is 0 Å². The summed E-state index contributed by atoms with van der Waals surface area (Å²) >= 11 is 0. The highest BCUT2D eigenvalue weighted by molar-refractivity contribution is 5.72. The van der Waals surface area contributed by atoms with Crippen molar-refractivity contribution in [1.82, 2.24) is 14.5 Å². The van der Waals surface area contributed by atoms with Gasteiger partial charge in [0.15, 0.2) is 0 Å². The highest BCUT2D eigenvalue weighted by Gasteiger charge is 2.08. The van der Waals surface area contributed by atoms with Crippen molar-refractivity contribution in [3.05, 3.63) is 31.0 Å². The average molecular weight is 272 g/mol. The van der Waals surface area contributed by atoms with Crippen LogP contribution in [0.5, 0.6) is 0 Å². The van der Waals surface area contributed by atoms with Crippen molar-refractivity contribution in [2.24, 2.45) is 0 Å². The maximum atomic E-state index is 6.01. The van der Waals surface area contributed by atoms with E-state index in [-0.39, 0.29) is 0 Å². The van der Waals surface area contributed by atoms with Crippen LogP contribution in [-0.2, 0) is 6.54 Å². The van der Waals surface area contributed by atoms with Gasteiger partial charge in [-0.15, -0.1) is 0 Å². The van der Waals surface area contributed by atoms with E-state index in [0.717, 1.165) is 23.5 Å². The van der Waals surface area contributed by atoms with E-state index in [1.807, 2.05) is 24.8 Å². The first kappa shape index (κ1) is 14.6. The summed E-state index contributed by atoms with van der Waals surface area (Å²) in [7, 11) is 0. The molecule has 0 atom stereocenters. The third kappa shape index (κ3) is 3.83. The van der Waals surface area contributed by atoms with Crippen molar-refractivity contribution in [2.45, 2.75) is 52.0 Å². The molecule has 108 valence electrons. The van der Waals surface area contributed by atoms with Gasteiger partial charge >= 0.3 is 0 Å². The number of unbranched alkanes of at least 4 members (excludes halogenated alkanes) is 5. The molecule has 0 aliphatic carbocycles. The molecule has 0 unspecified atom stereocenters. The predicted molar refractivity (Wildman–Crippen MR) is 83.2 cm³/mol. The second-order valence-electron chi connectivity index (χ2n) is 5.20. The summed E-state index contributed by atoms with van der Waals surface area (Å²) in [5.74, 6) is 0. The van der Waals surface area contributed by atoms with Gasteiger partial charge in [0.2, 0.25) is 0 Å². The molecule has 0 radical (unpaired) electrons. The third-order valence-corrected chi connectivity index (χ3v) is 3.60. The lowest BCUT2D eigenvalue weighted by Crippen LogP contribution is -2.01. The molecular weight excluding hydrogens is 248 g/mol. The Bertz CT molecular complexity index is 519. The Labute approximate surface area is 121 Å². The second kappa shape index (κ2) is 7.68. The molecule has 0 fully saturated rings. The van der Waals surface area contributed by atoms with Crippen molar-refractivity contribution in [2.75, 3.05) is 5.73 Å². The minimum atomic E-state index is 0.754. The van der Waals surface area contributed by atoms with Gasteiger partial charge in [0, 0.05) is 30.2 Å². The number of pyridine rings is 1. The Morgan fingerprint density at radius 1 is 1.05 bits per heavy atom. The maximum Gasteiger partial charge on any atom is 0.0950 e. The summed E-state index contributed by atoms with van der Waals surface area (Å²) in [6.07, 6.45) is 15.1. The molecule has 4 heteroatoms. The van der Waals surface area contributed by atoms with E-state index in [4.69, 9.17) is 5.73 Å². The molecule has 0 saturated heterocycles. The first-order valence-corrected chi connectivity index (χ1v) is 7.53. The largest absolute Gasteiger partial charge is 0.398 e. The normalized spacial score (nSPS) is 10.8. The van der Waals surface area contributed by atoms with Gasteiger partial charge in [-0.2, -0.15) is 0 Å². The number of imidazole rings is 1. The molecule has 2 aromatic heterocycles. The predicted octanol–water partition coefficient (Wildman–Crippen LogP) is 3.89. The summed E-state index contributed by atoms with van der Waals surface area (Å²) in [6.45, 7) is 3.24. The number of anilines is 1. The molecule has 0 amide bonds. The maximum absolute atomic E-state index is 6.01. The summed E-state index contributed by atoms with van der Waals surface area (Å²) in [6, 6.07) is 1.83. The van der Waals surface area contributed by atoms with Crippen LogP contribution in [0.15, 0.2) is 31.0 Å². The molecule has 0 bridgehead atoms. The number of nitrogens with two attached hydrogens (primary N) is 1. The lowest BCUT2D eigenvalue weighted by atomic mass is 10.1. The lowest BCUT2D eigenvalue weighted by molar-refractivity contribution is 0.560. The first-order chi connectivity index (χ1) is 9.83. The molecule has 0 saturated carbocycles. The molecule has 2 rings (SSSR count). The van der Waals surface area contributed by atoms with Crippen LogP contribution in [0.1, 0.15) is 45.4 Å². The van der Waals surface area contributed by atoms with Gasteiger partial charge in [-0.05, 0) is 12.5 Å². The van der Waals surface area contributed by atoms with E-state index in [1.165, 1.54) is 38.5 Å². The number of hydrogen-bond acceptors (Lipinski definition) is 3. The number of aromatic nitrogens is 3. The van der Waals surface area contributed by atoms with Crippen LogP contribution >= 0.6 is 0 Å². The summed E-state index contributed by atoms with van der Waals surface area (Å²) in [5, 5.41) is 0. The zero-order valence-corrected chi connectivity index (χ0v) is 12.3. The zero-order valence-electron chi connectivity index (χ0n) is 12.3. The van der Waals surface area contributed by atoms with Crippen LogP contribution < -0.4 is 5.73 Å². The van der Waals surface area contributed by atoms with Gasteiger partial charge in [-0.1, -0.05) is 39.0 Å². The minimum Gasteiger partial charge on any atom is -0.398 e. The second-order valence-corrected chi connectivity index (χ2v) is 5.20. The number of aryl methyl sites for hydroxylation is 1. The Kier molecular flexibility index (Phi) is 5.59. The van der Waals surface area contributed by atoms with E-state index in [1.54, 1.807) is 6.20 Å². The first-order valence-electron chi connectivity index (χ1n) is 7.53. The number of hydrogen-bond donors (Lipinski definition) is 1. The quantitative estimate of drug-likeness (QED) is 0.742. The average Bonchev–Trinajstić information content (AvgIpc) is 2.91. The fourth-order valence-electron chi connectivity index (χ4n) is 2.40. The smallest absolute Gasteiger partial charge is 0.0950 e. The van der Waals surface area contributed by atoms with Crippen molar-refractivity contribution >= 4 is 5.69 Å². The van der Waals surface area contributed by atoms with E-state index in [2.05, 4.69) is 21.5 Å². The molecule has 0 aromatic carbocycles. The summed E-state index contributed by atoms with van der Waals surface area (Å²) in [4.78, 5) is 8.40. The molecule has 0 aliphatic rings. The van der Waals surface area contributed by atoms with Crippen molar-refractivity contribution in [3.8, 4) is 11.3 Å². The van der Waals surface area contributed by atoms with Gasteiger partial charge in [0.25, 0.3) is 0 Å². The molecule has 2 heterocycles. The molecular formula is C16H24N4. The van der Waals surface area contributed by atoms with E-state index < -0.39 is 0 Å². The number of nitrogens with zero attached hydrogens (tertiary/aromatic N) is 3. The zero-order chi connectivity index (χ0) is 14.2. The fourth-order valence-corrected chi connectivity index (χ4v) is 2.40. The summed E-state index contributed by atoms with van der Waals surface area (Å²) < 4.78 is 2.17. The Morgan fingerprint density at radius 3 is 2.65 bits per heavy atom. The van der Waals surface area contributed by atoms with Crippen molar-refractivity contribution < 1.29 is 0 Å². The standard InChI is InChI=1S/C16H24N4/c1-2-3-4-5-6-7-10-20-13-19-12-16(20)14-11-18-9-8-15(14)17/h8-9,11-13H,2-7,10H2,1H3,(H2,17,18). The highest BCUT2D eigenvalue weighted by atomic mass is 15.0. The molecule has 0 aliphatic heterocycles. The van der Waals surface area contributed by atoms with Crippen LogP contribution in [0.2, 0.25) is 0 Å². The Hall–Kier alpha value is -1.84.